The zero-order valence-electron chi connectivity index (χ0n) is 31.3. The van der Waals surface area contributed by atoms with Crippen molar-refractivity contribution in [3.05, 3.63) is 168 Å². The van der Waals surface area contributed by atoms with Gasteiger partial charge in [0.15, 0.2) is 0 Å². The first-order chi connectivity index (χ1) is 25.8. The van der Waals surface area contributed by atoms with E-state index in [1.165, 1.54) is 92.8 Å². The Morgan fingerprint density at radius 1 is 0.509 bits per heavy atom. The SMILES string of the molecule is CC(C)c1cc2c(-c3cccc4c3ccc3ccccc34)cccc2[cH-]1.C[Si]C.Cc1cc2c(-c3cccc4ccccc34)ccc(C)c2[cH-]1.[Cl][Zr+2][Cl]. The van der Waals surface area contributed by atoms with Crippen LogP contribution in [0.2, 0.25) is 13.1 Å². The van der Waals surface area contributed by atoms with Gasteiger partial charge in [-0.2, -0.15) is 12.1 Å². The molecule has 0 nitrogen and oxygen atoms in total. The van der Waals surface area contributed by atoms with Crippen LogP contribution in [-0.4, -0.2) is 9.52 Å². The van der Waals surface area contributed by atoms with Gasteiger partial charge in [0.05, 0.1) is 0 Å². The van der Waals surface area contributed by atoms with Crippen molar-refractivity contribution in [1.82, 2.24) is 0 Å². The van der Waals surface area contributed by atoms with Crippen molar-refractivity contribution in [2.24, 2.45) is 0 Å². The molecule has 0 aliphatic carbocycles. The van der Waals surface area contributed by atoms with Crippen molar-refractivity contribution in [2.45, 2.75) is 46.7 Å². The molecule has 0 saturated heterocycles. The number of rotatable bonds is 3. The van der Waals surface area contributed by atoms with Crippen LogP contribution in [0.3, 0.4) is 0 Å². The van der Waals surface area contributed by atoms with E-state index in [2.05, 4.69) is 192 Å². The van der Waals surface area contributed by atoms with Gasteiger partial charge in [-0.05, 0) is 49.4 Å². The Morgan fingerprint density at radius 2 is 1.04 bits per heavy atom. The molecule has 2 radical (unpaired) electrons. The Kier molecular flexibility index (Phi) is 13.2. The first kappa shape index (κ1) is 38.9. The number of benzene rings is 7. The third-order valence-electron chi connectivity index (χ3n) is 9.85. The summed E-state index contributed by atoms with van der Waals surface area (Å²) in [6.45, 7) is 13.2. The average Bonchev–Trinajstić information content (AvgIpc) is 3.80. The second kappa shape index (κ2) is 18.0. The number of halogens is 2. The molecule has 0 aromatic heterocycles. The van der Waals surface area contributed by atoms with Crippen molar-refractivity contribution < 1.29 is 20.8 Å². The summed E-state index contributed by atoms with van der Waals surface area (Å²) >= 11 is -0.826. The first-order valence-corrected chi connectivity index (χ1v) is 26.4. The summed E-state index contributed by atoms with van der Waals surface area (Å²) in [5.74, 6) is 0.548. The van der Waals surface area contributed by atoms with Crippen LogP contribution in [0.1, 0.15) is 36.5 Å². The molecule has 0 bridgehead atoms. The van der Waals surface area contributed by atoms with Crippen molar-refractivity contribution in [1.29, 1.82) is 0 Å². The molecule has 0 fully saturated rings. The van der Waals surface area contributed by atoms with Crippen molar-refractivity contribution in [2.75, 3.05) is 0 Å². The number of hydrogen-bond acceptors (Lipinski definition) is 0. The molecule has 0 atom stereocenters. The van der Waals surface area contributed by atoms with Gasteiger partial charge < -0.3 is 0 Å². The monoisotopic (exact) mass is 820 g/mol. The second-order valence-electron chi connectivity index (χ2n) is 13.8. The maximum absolute atomic E-state index is 4.93. The third-order valence-corrected chi connectivity index (χ3v) is 9.85. The Bertz CT molecular complexity index is 2620. The zero-order valence-corrected chi connectivity index (χ0v) is 36.2. The predicted molar refractivity (Wildman–Crippen MR) is 235 cm³/mol. The molecule has 0 N–H and O–H groups in total. The summed E-state index contributed by atoms with van der Waals surface area (Å²) in [7, 11) is 11.0. The summed E-state index contributed by atoms with van der Waals surface area (Å²) in [5, 5.41) is 13.3. The minimum atomic E-state index is -0.826. The van der Waals surface area contributed by atoms with Gasteiger partial charge in [-0.3, -0.25) is 0 Å². The van der Waals surface area contributed by atoms with Crippen LogP contribution in [-0.2, 0) is 20.8 Å². The van der Waals surface area contributed by atoms with Crippen molar-refractivity contribution >= 4 is 80.4 Å². The molecule has 0 aliphatic heterocycles. The van der Waals surface area contributed by atoms with Crippen molar-refractivity contribution in [3.8, 4) is 22.3 Å². The Labute approximate surface area is 336 Å². The zero-order chi connectivity index (χ0) is 37.5. The van der Waals surface area contributed by atoms with Crippen LogP contribution >= 0.6 is 17.0 Å². The van der Waals surface area contributed by atoms with E-state index >= 15 is 0 Å². The molecule has 0 amide bonds. The summed E-state index contributed by atoms with van der Waals surface area (Å²) in [4.78, 5) is 0. The summed E-state index contributed by atoms with van der Waals surface area (Å²) in [6, 6.07) is 55.5. The van der Waals surface area contributed by atoms with Gasteiger partial charge in [-0.1, -0.05) is 161 Å². The van der Waals surface area contributed by atoms with E-state index < -0.39 is 20.8 Å². The molecule has 53 heavy (non-hydrogen) atoms. The van der Waals surface area contributed by atoms with E-state index in [9.17, 15) is 0 Å². The molecule has 0 saturated carbocycles. The standard InChI is InChI=1S/C26H21.C21H17.C2H6Si.2ClH.Zr/c1-17(2)20-15-19-8-5-10-24(26(19)16-20)23-12-6-11-22-21-9-4-3-7-18(21)13-14-25(22)23;1-14-12-20-15(2)10-11-19(21(20)13-14)18-9-5-7-16-6-3-4-8-17(16)18;1-3-2;;;/h3-17H,1-2H3;3-13H,1-2H3;1-2H3;2*1H;/q2*-1;;;;+4/p-2. The van der Waals surface area contributed by atoms with Gasteiger partial charge in [-0.25, -0.2) is 0 Å². The molecule has 9 aromatic rings. The molecule has 9 aromatic carbocycles. The summed E-state index contributed by atoms with van der Waals surface area (Å²) in [6.07, 6.45) is 0. The van der Waals surface area contributed by atoms with Crippen LogP contribution in [0, 0.1) is 13.8 Å². The molecule has 262 valence electrons. The fourth-order valence-electron chi connectivity index (χ4n) is 7.39. The van der Waals surface area contributed by atoms with Crippen LogP contribution in [0.15, 0.2) is 152 Å². The van der Waals surface area contributed by atoms with Gasteiger partial charge in [-0.15, -0.1) is 68.6 Å². The van der Waals surface area contributed by atoms with Gasteiger partial charge in [0.25, 0.3) is 0 Å². The average molecular weight is 823 g/mol. The number of aryl methyl sites for hydroxylation is 2. The molecule has 9 rings (SSSR count). The van der Waals surface area contributed by atoms with Crippen LogP contribution in [0.25, 0.3) is 76.1 Å². The van der Waals surface area contributed by atoms with Gasteiger partial charge in [0, 0.05) is 9.52 Å². The quantitative estimate of drug-likeness (QED) is 0.0946. The Balaban J connectivity index is 0.000000161. The van der Waals surface area contributed by atoms with Gasteiger partial charge >= 0.3 is 37.9 Å². The van der Waals surface area contributed by atoms with E-state index in [0.717, 1.165) is 9.52 Å². The molecular formula is C49H44Cl2SiZr. The molecule has 0 spiro atoms. The minimum absolute atomic E-state index is 0.548. The van der Waals surface area contributed by atoms with Crippen LogP contribution < -0.4 is 0 Å². The Morgan fingerprint density at radius 3 is 1.74 bits per heavy atom. The number of fused-ring (bicyclic) bond motifs is 6. The Hall–Kier alpha value is -3.78. The first-order valence-electron chi connectivity index (χ1n) is 18.1. The van der Waals surface area contributed by atoms with Crippen molar-refractivity contribution in [3.63, 3.8) is 0 Å². The second-order valence-corrected chi connectivity index (χ2v) is 18.6. The molecule has 0 aliphatic rings. The summed E-state index contributed by atoms with van der Waals surface area (Å²) < 4.78 is 0. The van der Waals surface area contributed by atoms with Gasteiger partial charge in [0.2, 0.25) is 0 Å². The van der Waals surface area contributed by atoms with E-state index in [4.69, 9.17) is 17.0 Å². The molecular weight excluding hydrogens is 779 g/mol. The van der Waals surface area contributed by atoms with E-state index in [1.807, 2.05) is 0 Å². The van der Waals surface area contributed by atoms with E-state index in [1.54, 1.807) is 0 Å². The molecule has 0 unspecified atom stereocenters. The predicted octanol–water partition coefficient (Wildman–Crippen LogP) is 15.8. The van der Waals surface area contributed by atoms with Crippen LogP contribution in [0.4, 0.5) is 0 Å². The molecule has 4 heteroatoms. The third kappa shape index (κ3) is 8.48. The van der Waals surface area contributed by atoms with Gasteiger partial charge in [0.1, 0.15) is 0 Å². The van der Waals surface area contributed by atoms with E-state index in [-0.39, 0.29) is 0 Å². The fraction of sp³-hybridized carbons (Fsp3) is 0.143. The molecule has 0 heterocycles. The van der Waals surface area contributed by atoms with Crippen LogP contribution in [0.5, 0.6) is 0 Å². The summed E-state index contributed by atoms with van der Waals surface area (Å²) in [5.41, 5.74) is 9.40. The number of hydrogen-bond donors (Lipinski definition) is 0. The normalized spacial score (nSPS) is 10.8. The van der Waals surface area contributed by atoms with E-state index in [0.29, 0.717) is 5.92 Å². The fourth-order valence-corrected chi connectivity index (χ4v) is 7.39. The topological polar surface area (TPSA) is 0 Å². The maximum atomic E-state index is 4.93.